The zero-order chi connectivity index (χ0) is 15.2. The van der Waals surface area contributed by atoms with Crippen LogP contribution in [0.1, 0.15) is 22.5 Å². The predicted octanol–water partition coefficient (Wildman–Crippen LogP) is 4.65. The summed E-state index contributed by atoms with van der Waals surface area (Å²) in [6.45, 7) is 0. The summed E-state index contributed by atoms with van der Waals surface area (Å²) in [5.41, 5.74) is 2.01. The molecule has 3 aromatic rings. The molecule has 0 saturated carbocycles. The van der Waals surface area contributed by atoms with Gasteiger partial charge in [0.1, 0.15) is 0 Å². The molecule has 0 aliphatic rings. The van der Waals surface area contributed by atoms with Crippen molar-refractivity contribution in [2.75, 3.05) is 0 Å². The molecule has 2 aromatic carbocycles. The summed E-state index contributed by atoms with van der Waals surface area (Å²) in [6, 6.07) is 25.7. The first kappa shape index (κ1) is 14.8. The van der Waals surface area contributed by atoms with Gasteiger partial charge in [-0.2, -0.15) is 0 Å². The summed E-state index contributed by atoms with van der Waals surface area (Å²) < 4.78 is 0. The van der Waals surface area contributed by atoms with Crippen LogP contribution in [0, 0.1) is 0 Å². The quantitative estimate of drug-likeness (QED) is 0.697. The van der Waals surface area contributed by atoms with Crippen molar-refractivity contribution in [1.82, 2.24) is 4.98 Å². The number of pyridine rings is 1. The third kappa shape index (κ3) is 3.56. The lowest BCUT2D eigenvalue weighted by atomic mass is 10.0. The molecule has 2 unspecified atom stereocenters. The van der Waals surface area contributed by atoms with Crippen LogP contribution < -0.4 is 0 Å². The fourth-order valence-corrected chi connectivity index (χ4v) is 3.45. The summed E-state index contributed by atoms with van der Waals surface area (Å²) in [5.74, 6) is 0. The van der Waals surface area contributed by atoms with Gasteiger partial charge in [-0.1, -0.05) is 78.5 Å². The number of hydrogen-bond acceptors (Lipinski definition) is 3. The Morgan fingerprint density at radius 1 is 0.727 bits per heavy atom. The van der Waals surface area contributed by atoms with E-state index in [1.54, 1.807) is 18.0 Å². The Morgan fingerprint density at radius 2 is 1.32 bits per heavy atom. The van der Waals surface area contributed by atoms with Crippen molar-refractivity contribution in [1.29, 1.82) is 0 Å². The number of thioether (sulfide) groups is 1. The molecule has 0 fully saturated rings. The largest absolute Gasteiger partial charge is 0.387 e. The second-order valence-electron chi connectivity index (χ2n) is 4.97. The predicted molar refractivity (Wildman–Crippen MR) is 90.7 cm³/mol. The minimum Gasteiger partial charge on any atom is -0.387 e. The van der Waals surface area contributed by atoms with Gasteiger partial charge in [0.05, 0.1) is 16.4 Å². The maximum absolute atomic E-state index is 10.8. The molecule has 110 valence electrons. The van der Waals surface area contributed by atoms with Crippen molar-refractivity contribution in [3.8, 4) is 0 Å². The normalized spacial score (nSPS) is 13.5. The fourth-order valence-electron chi connectivity index (χ4n) is 2.33. The fraction of sp³-hybridized carbons (Fsp3) is 0.105. The molecule has 0 aliphatic heterocycles. The molecule has 1 aromatic heterocycles. The Kier molecular flexibility index (Phi) is 4.88. The molecule has 0 radical (unpaired) electrons. The van der Waals surface area contributed by atoms with Gasteiger partial charge in [0.25, 0.3) is 0 Å². The number of aliphatic hydroxyl groups excluding tert-OH is 1. The lowest BCUT2D eigenvalue weighted by Gasteiger charge is -2.23. The van der Waals surface area contributed by atoms with Crippen molar-refractivity contribution in [3.63, 3.8) is 0 Å². The van der Waals surface area contributed by atoms with Gasteiger partial charge in [0.2, 0.25) is 0 Å². The highest BCUT2D eigenvalue weighted by Crippen LogP contribution is 2.43. The van der Waals surface area contributed by atoms with Gasteiger partial charge < -0.3 is 5.11 Å². The standard InChI is InChI=1S/C19H17NOS/c21-18(15-9-3-1-4-10-15)19(16-11-5-2-6-12-16)22-17-13-7-8-14-20-17/h1-14,18-19,21H. The summed E-state index contributed by atoms with van der Waals surface area (Å²) in [7, 11) is 0. The van der Waals surface area contributed by atoms with Gasteiger partial charge >= 0.3 is 0 Å². The zero-order valence-electron chi connectivity index (χ0n) is 12.0. The molecule has 3 rings (SSSR count). The molecular formula is C19H17NOS. The van der Waals surface area contributed by atoms with E-state index in [1.807, 2.05) is 78.9 Å². The topological polar surface area (TPSA) is 33.1 Å². The van der Waals surface area contributed by atoms with Gasteiger partial charge in [0, 0.05) is 6.20 Å². The summed E-state index contributed by atoms with van der Waals surface area (Å²) in [5, 5.41) is 11.7. The van der Waals surface area contributed by atoms with E-state index in [9.17, 15) is 5.11 Å². The van der Waals surface area contributed by atoms with E-state index in [0.717, 1.165) is 16.2 Å². The molecule has 3 heteroatoms. The Bertz CT molecular complexity index is 688. The molecule has 0 bridgehead atoms. The Labute approximate surface area is 134 Å². The molecule has 0 amide bonds. The highest BCUT2D eigenvalue weighted by atomic mass is 32.2. The summed E-state index contributed by atoms with van der Waals surface area (Å²) in [4.78, 5) is 4.37. The number of benzene rings is 2. The molecule has 1 heterocycles. The van der Waals surface area contributed by atoms with Crippen molar-refractivity contribution in [3.05, 3.63) is 96.2 Å². The van der Waals surface area contributed by atoms with Gasteiger partial charge in [0.15, 0.2) is 0 Å². The van der Waals surface area contributed by atoms with E-state index in [1.165, 1.54) is 0 Å². The molecule has 0 spiro atoms. The smallest absolute Gasteiger partial charge is 0.0966 e. The van der Waals surface area contributed by atoms with Crippen LogP contribution in [0.2, 0.25) is 0 Å². The van der Waals surface area contributed by atoms with E-state index >= 15 is 0 Å². The average molecular weight is 307 g/mol. The van der Waals surface area contributed by atoms with Gasteiger partial charge in [-0.3, -0.25) is 0 Å². The number of nitrogens with zero attached hydrogens (tertiary/aromatic N) is 1. The maximum atomic E-state index is 10.8. The van der Waals surface area contributed by atoms with Crippen LogP contribution in [-0.4, -0.2) is 10.1 Å². The Balaban J connectivity index is 1.93. The zero-order valence-corrected chi connectivity index (χ0v) is 12.9. The van der Waals surface area contributed by atoms with Gasteiger partial charge in [-0.05, 0) is 23.3 Å². The second kappa shape index (κ2) is 7.25. The lowest BCUT2D eigenvalue weighted by Crippen LogP contribution is -2.08. The first-order chi connectivity index (χ1) is 10.8. The highest BCUT2D eigenvalue weighted by molar-refractivity contribution is 7.99. The number of aromatic nitrogens is 1. The van der Waals surface area contributed by atoms with E-state index in [4.69, 9.17) is 0 Å². The monoisotopic (exact) mass is 307 g/mol. The lowest BCUT2D eigenvalue weighted by molar-refractivity contribution is 0.175. The average Bonchev–Trinajstić information content (AvgIpc) is 2.61. The molecule has 0 saturated heterocycles. The molecule has 1 N–H and O–H groups in total. The van der Waals surface area contributed by atoms with Crippen molar-refractivity contribution in [2.45, 2.75) is 16.4 Å². The van der Waals surface area contributed by atoms with E-state index < -0.39 is 6.10 Å². The van der Waals surface area contributed by atoms with Crippen LogP contribution in [0.5, 0.6) is 0 Å². The van der Waals surface area contributed by atoms with E-state index in [0.29, 0.717) is 0 Å². The molecule has 22 heavy (non-hydrogen) atoms. The third-order valence-electron chi connectivity index (χ3n) is 3.44. The molecule has 2 atom stereocenters. The van der Waals surface area contributed by atoms with Crippen LogP contribution in [0.4, 0.5) is 0 Å². The number of hydrogen-bond donors (Lipinski definition) is 1. The highest BCUT2D eigenvalue weighted by Gasteiger charge is 2.24. The minimum absolute atomic E-state index is 0.0986. The Hall–Kier alpha value is -2.10. The van der Waals surface area contributed by atoms with Crippen LogP contribution >= 0.6 is 11.8 Å². The molecular weight excluding hydrogens is 290 g/mol. The van der Waals surface area contributed by atoms with Crippen molar-refractivity contribution < 1.29 is 5.11 Å². The van der Waals surface area contributed by atoms with Crippen LogP contribution in [-0.2, 0) is 0 Å². The first-order valence-corrected chi connectivity index (χ1v) is 8.08. The molecule has 0 aliphatic carbocycles. The number of aliphatic hydroxyl groups is 1. The van der Waals surface area contributed by atoms with Gasteiger partial charge in [-0.25, -0.2) is 4.98 Å². The summed E-state index contributed by atoms with van der Waals surface area (Å²) in [6.07, 6.45) is 1.19. The van der Waals surface area contributed by atoms with E-state index in [2.05, 4.69) is 4.98 Å². The third-order valence-corrected chi connectivity index (χ3v) is 4.71. The summed E-state index contributed by atoms with van der Waals surface area (Å²) >= 11 is 1.58. The van der Waals surface area contributed by atoms with Crippen LogP contribution in [0.15, 0.2) is 90.1 Å². The molecule has 2 nitrogen and oxygen atoms in total. The van der Waals surface area contributed by atoms with Crippen molar-refractivity contribution in [2.24, 2.45) is 0 Å². The number of rotatable bonds is 5. The second-order valence-corrected chi connectivity index (χ2v) is 6.13. The van der Waals surface area contributed by atoms with Gasteiger partial charge in [-0.15, -0.1) is 0 Å². The minimum atomic E-state index is -0.587. The van der Waals surface area contributed by atoms with E-state index in [-0.39, 0.29) is 5.25 Å². The maximum Gasteiger partial charge on any atom is 0.0966 e. The van der Waals surface area contributed by atoms with Crippen LogP contribution in [0.25, 0.3) is 0 Å². The van der Waals surface area contributed by atoms with Crippen molar-refractivity contribution >= 4 is 11.8 Å². The van der Waals surface area contributed by atoms with Crippen LogP contribution in [0.3, 0.4) is 0 Å². The first-order valence-electron chi connectivity index (χ1n) is 7.20. The Morgan fingerprint density at radius 3 is 1.91 bits per heavy atom. The SMILES string of the molecule is OC(c1ccccc1)C(Sc1ccccn1)c1ccccc1.